The Labute approximate surface area is 146 Å². The summed E-state index contributed by atoms with van der Waals surface area (Å²) in [6, 6.07) is 8.72. The van der Waals surface area contributed by atoms with Crippen molar-refractivity contribution in [3.63, 3.8) is 0 Å². The van der Waals surface area contributed by atoms with Crippen LogP contribution in [-0.4, -0.2) is 29.4 Å². The SMILES string of the molecule is CCCCN(C)C(=O)c1ccc(Nc2ccc(Cl)cc2Cl)cn1. The van der Waals surface area contributed by atoms with Gasteiger partial charge in [-0.1, -0.05) is 36.5 Å². The Balaban J connectivity index is 2.05. The Kier molecular flexibility index (Phi) is 6.25. The molecule has 0 unspecified atom stereocenters. The Morgan fingerprint density at radius 1 is 1.26 bits per heavy atom. The van der Waals surface area contributed by atoms with E-state index >= 15 is 0 Å². The molecule has 23 heavy (non-hydrogen) atoms. The molecule has 6 heteroatoms. The van der Waals surface area contributed by atoms with Gasteiger partial charge >= 0.3 is 0 Å². The number of anilines is 2. The third-order valence-electron chi connectivity index (χ3n) is 3.39. The number of pyridine rings is 1. The lowest BCUT2D eigenvalue weighted by atomic mass is 10.2. The number of benzene rings is 1. The zero-order valence-corrected chi connectivity index (χ0v) is 14.7. The summed E-state index contributed by atoms with van der Waals surface area (Å²) >= 11 is 12.0. The number of rotatable bonds is 6. The van der Waals surface area contributed by atoms with E-state index < -0.39 is 0 Å². The fourth-order valence-corrected chi connectivity index (χ4v) is 2.49. The first kappa shape index (κ1) is 17.6. The van der Waals surface area contributed by atoms with Crippen LogP contribution in [0.1, 0.15) is 30.3 Å². The highest BCUT2D eigenvalue weighted by atomic mass is 35.5. The van der Waals surface area contributed by atoms with Gasteiger partial charge in [0.05, 0.1) is 22.6 Å². The summed E-state index contributed by atoms with van der Waals surface area (Å²) in [6.45, 7) is 2.83. The van der Waals surface area contributed by atoms with Gasteiger partial charge in [-0.25, -0.2) is 4.98 Å². The van der Waals surface area contributed by atoms with Crippen LogP contribution < -0.4 is 5.32 Å². The van der Waals surface area contributed by atoms with Gasteiger partial charge in [0.15, 0.2) is 0 Å². The Hall–Kier alpha value is -1.78. The van der Waals surface area contributed by atoms with Crippen molar-refractivity contribution in [1.82, 2.24) is 9.88 Å². The Bertz CT molecular complexity index is 674. The van der Waals surface area contributed by atoms with E-state index in [1.165, 1.54) is 0 Å². The summed E-state index contributed by atoms with van der Waals surface area (Å²) in [5.74, 6) is -0.0745. The molecular weight excluding hydrogens is 333 g/mol. The molecule has 0 fully saturated rings. The van der Waals surface area contributed by atoms with Gasteiger partial charge in [-0.2, -0.15) is 0 Å². The highest BCUT2D eigenvalue weighted by Crippen LogP contribution is 2.28. The Morgan fingerprint density at radius 2 is 2.04 bits per heavy atom. The van der Waals surface area contributed by atoms with Crippen LogP contribution in [0, 0.1) is 0 Å². The first-order valence-electron chi connectivity index (χ1n) is 7.45. The molecule has 0 saturated heterocycles. The minimum Gasteiger partial charge on any atom is -0.353 e. The van der Waals surface area contributed by atoms with Gasteiger partial charge in [-0.15, -0.1) is 0 Å². The van der Waals surface area contributed by atoms with Crippen molar-refractivity contribution in [1.29, 1.82) is 0 Å². The lowest BCUT2D eigenvalue weighted by Crippen LogP contribution is -2.28. The van der Waals surface area contributed by atoms with Crippen LogP contribution >= 0.6 is 23.2 Å². The predicted octanol–water partition coefficient (Wildman–Crippen LogP) is 5.00. The summed E-state index contributed by atoms with van der Waals surface area (Å²) < 4.78 is 0. The molecule has 0 bridgehead atoms. The summed E-state index contributed by atoms with van der Waals surface area (Å²) in [6.07, 6.45) is 3.65. The average Bonchev–Trinajstić information content (AvgIpc) is 2.55. The van der Waals surface area contributed by atoms with Gasteiger partial charge in [-0.3, -0.25) is 4.79 Å². The number of aromatic nitrogens is 1. The molecular formula is C17H19Cl2N3O. The molecule has 0 aliphatic rings. The summed E-state index contributed by atoms with van der Waals surface area (Å²) in [7, 11) is 1.79. The number of amides is 1. The topological polar surface area (TPSA) is 45.2 Å². The van der Waals surface area contributed by atoms with Gasteiger partial charge < -0.3 is 10.2 Å². The lowest BCUT2D eigenvalue weighted by molar-refractivity contribution is 0.0787. The maximum atomic E-state index is 12.2. The minimum absolute atomic E-state index is 0.0745. The number of carbonyl (C=O) groups is 1. The van der Waals surface area contributed by atoms with Crippen LogP contribution in [0.3, 0.4) is 0 Å². The molecule has 2 aromatic rings. The van der Waals surface area contributed by atoms with Crippen molar-refractivity contribution < 1.29 is 4.79 Å². The second kappa shape index (κ2) is 8.18. The number of halogens is 2. The zero-order chi connectivity index (χ0) is 16.8. The molecule has 0 spiro atoms. The van der Waals surface area contributed by atoms with Crippen LogP contribution in [0.5, 0.6) is 0 Å². The quantitative estimate of drug-likeness (QED) is 0.795. The second-order valence-electron chi connectivity index (χ2n) is 5.26. The lowest BCUT2D eigenvalue weighted by Gasteiger charge is -2.16. The molecule has 0 saturated carbocycles. The maximum Gasteiger partial charge on any atom is 0.272 e. The number of nitrogens with zero attached hydrogens (tertiary/aromatic N) is 2. The van der Waals surface area contributed by atoms with Crippen LogP contribution in [0.4, 0.5) is 11.4 Å². The van der Waals surface area contributed by atoms with Gasteiger partial charge in [0.25, 0.3) is 5.91 Å². The number of hydrogen-bond acceptors (Lipinski definition) is 3. The third-order valence-corrected chi connectivity index (χ3v) is 3.93. The van der Waals surface area contributed by atoms with Crippen molar-refractivity contribution in [2.75, 3.05) is 18.9 Å². The first-order valence-corrected chi connectivity index (χ1v) is 8.20. The monoisotopic (exact) mass is 351 g/mol. The Morgan fingerprint density at radius 3 is 2.65 bits per heavy atom. The first-order chi connectivity index (χ1) is 11.0. The van der Waals surface area contributed by atoms with Gasteiger partial charge in [0.2, 0.25) is 0 Å². The van der Waals surface area contributed by atoms with E-state index in [4.69, 9.17) is 23.2 Å². The smallest absolute Gasteiger partial charge is 0.272 e. The fraction of sp³-hybridized carbons (Fsp3) is 0.294. The minimum atomic E-state index is -0.0745. The molecule has 122 valence electrons. The summed E-state index contributed by atoms with van der Waals surface area (Å²) in [5.41, 5.74) is 1.91. The van der Waals surface area contributed by atoms with Crippen LogP contribution in [0.2, 0.25) is 10.0 Å². The summed E-state index contributed by atoms with van der Waals surface area (Å²) in [4.78, 5) is 18.1. The van der Waals surface area contributed by atoms with Crippen molar-refractivity contribution in [2.45, 2.75) is 19.8 Å². The maximum absolute atomic E-state index is 12.2. The molecule has 0 aliphatic carbocycles. The van der Waals surface area contributed by atoms with E-state index in [9.17, 15) is 4.79 Å². The standard InChI is InChI=1S/C17H19Cl2N3O/c1-3-4-9-22(2)17(23)16-8-6-13(11-20-16)21-15-7-5-12(18)10-14(15)19/h5-8,10-11,21H,3-4,9H2,1-2H3. The number of hydrogen-bond donors (Lipinski definition) is 1. The van der Waals surface area contributed by atoms with Crippen molar-refractivity contribution in [2.24, 2.45) is 0 Å². The number of nitrogens with one attached hydrogen (secondary N) is 1. The van der Waals surface area contributed by atoms with Crippen molar-refractivity contribution in [3.05, 3.63) is 52.3 Å². The highest BCUT2D eigenvalue weighted by Gasteiger charge is 2.12. The largest absolute Gasteiger partial charge is 0.353 e. The molecule has 1 N–H and O–H groups in total. The molecule has 0 aliphatic heterocycles. The van der Waals surface area contributed by atoms with Gasteiger partial charge in [0.1, 0.15) is 5.69 Å². The number of unbranched alkanes of at least 4 members (excludes halogenated alkanes) is 1. The van der Waals surface area contributed by atoms with E-state index in [0.29, 0.717) is 15.7 Å². The van der Waals surface area contributed by atoms with Crippen LogP contribution in [-0.2, 0) is 0 Å². The second-order valence-corrected chi connectivity index (χ2v) is 6.11. The predicted molar refractivity (Wildman–Crippen MR) is 95.9 cm³/mol. The fourth-order valence-electron chi connectivity index (χ4n) is 2.03. The van der Waals surface area contributed by atoms with Crippen LogP contribution in [0.25, 0.3) is 0 Å². The molecule has 1 aromatic carbocycles. The van der Waals surface area contributed by atoms with Gasteiger partial charge in [-0.05, 0) is 36.8 Å². The molecule has 2 rings (SSSR count). The van der Waals surface area contributed by atoms with Crippen molar-refractivity contribution in [3.8, 4) is 0 Å². The number of carbonyl (C=O) groups excluding carboxylic acids is 1. The van der Waals surface area contributed by atoms with E-state index in [1.54, 1.807) is 48.5 Å². The van der Waals surface area contributed by atoms with E-state index in [0.717, 1.165) is 30.8 Å². The average molecular weight is 352 g/mol. The van der Waals surface area contributed by atoms with E-state index in [-0.39, 0.29) is 5.91 Å². The molecule has 1 aromatic heterocycles. The highest BCUT2D eigenvalue weighted by molar-refractivity contribution is 6.36. The zero-order valence-electron chi connectivity index (χ0n) is 13.1. The summed E-state index contributed by atoms with van der Waals surface area (Å²) in [5, 5.41) is 4.25. The molecule has 0 atom stereocenters. The third kappa shape index (κ3) is 4.85. The van der Waals surface area contributed by atoms with Crippen molar-refractivity contribution >= 4 is 40.5 Å². The molecule has 1 amide bonds. The van der Waals surface area contributed by atoms with E-state index in [2.05, 4.69) is 17.2 Å². The normalized spacial score (nSPS) is 10.4. The molecule has 0 radical (unpaired) electrons. The molecule has 1 heterocycles. The van der Waals surface area contributed by atoms with Gasteiger partial charge in [0, 0.05) is 18.6 Å². The van der Waals surface area contributed by atoms with E-state index in [1.807, 2.05) is 0 Å². The molecule has 4 nitrogen and oxygen atoms in total. The van der Waals surface area contributed by atoms with Crippen LogP contribution in [0.15, 0.2) is 36.5 Å².